The van der Waals surface area contributed by atoms with Crippen LogP contribution in [0.5, 0.6) is 0 Å². The topological polar surface area (TPSA) is 69.3 Å². The van der Waals surface area contributed by atoms with Crippen molar-refractivity contribution in [2.75, 3.05) is 11.5 Å². The quantitative estimate of drug-likeness (QED) is 0.759. The molecule has 6 heteroatoms. The van der Waals surface area contributed by atoms with Crippen molar-refractivity contribution in [2.24, 2.45) is 0 Å². The van der Waals surface area contributed by atoms with Gasteiger partial charge >= 0.3 is 5.76 Å². The molecule has 2 aromatic rings. The summed E-state index contributed by atoms with van der Waals surface area (Å²) < 4.78 is 29.4. The number of hydrogen-bond acceptors (Lipinski definition) is 4. The van der Waals surface area contributed by atoms with Crippen LogP contribution in [0.15, 0.2) is 33.5 Å². The molecule has 0 unspecified atom stereocenters. The third-order valence-corrected chi connectivity index (χ3v) is 4.84. The van der Waals surface area contributed by atoms with Gasteiger partial charge in [-0.25, -0.2) is 13.2 Å². The number of benzene rings is 1. The van der Waals surface area contributed by atoms with Gasteiger partial charge in [-0.1, -0.05) is 12.1 Å². The maximum atomic E-state index is 11.7. The van der Waals surface area contributed by atoms with Gasteiger partial charge in [-0.2, -0.15) is 0 Å². The van der Waals surface area contributed by atoms with E-state index >= 15 is 0 Å². The normalized spacial score (nSPS) is 23.2. The molecule has 1 aliphatic rings. The minimum absolute atomic E-state index is 0.0242. The van der Waals surface area contributed by atoms with Crippen molar-refractivity contribution in [2.45, 2.75) is 12.5 Å². The van der Waals surface area contributed by atoms with E-state index in [1.165, 1.54) is 4.57 Å². The van der Waals surface area contributed by atoms with E-state index in [0.29, 0.717) is 17.5 Å². The summed E-state index contributed by atoms with van der Waals surface area (Å²) in [5, 5.41) is 0. The molecule has 1 saturated heterocycles. The fraction of sp³-hybridized carbons (Fsp3) is 0.364. The van der Waals surface area contributed by atoms with Crippen LogP contribution in [0.1, 0.15) is 12.5 Å². The highest BCUT2D eigenvalue weighted by Gasteiger charge is 2.31. The van der Waals surface area contributed by atoms with Gasteiger partial charge in [-0.15, -0.1) is 0 Å². The molecule has 1 aliphatic heterocycles. The minimum atomic E-state index is -3.01. The average molecular weight is 253 g/mol. The van der Waals surface area contributed by atoms with Crippen molar-refractivity contribution in [1.29, 1.82) is 0 Å². The van der Waals surface area contributed by atoms with Crippen molar-refractivity contribution in [3.63, 3.8) is 0 Å². The zero-order valence-corrected chi connectivity index (χ0v) is 9.81. The van der Waals surface area contributed by atoms with Crippen LogP contribution >= 0.6 is 0 Å². The second-order valence-electron chi connectivity index (χ2n) is 4.26. The third-order valence-electron chi connectivity index (χ3n) is 3.09. The molecular formula is C11H11NO4S. The van der Waals surface area contributed by atoms with Gasteiger partial charge in [0.15, 0.2) is 15.4 Å². The monoisotopic (exact) mass is 253 g/mol. The highest BCUT2D eigenvalue weighted by atomic mass is 32.2. The molecule has 1 aromatic carbocycles. The molecule has 0 spiro atoms. The summed E-state index contributed by atoms with van der Waals surface area (Å²) in [6.07, 6.45) is 0.478. The van der Waals surface area contributed by atoms with E-state index in [9.17, 15) is 13.2 Å². The number of nitrogens with zero attached hydrogens (tertiary/aromatic N) is 1. The Balaban J connectivity index is 2.18. The fourth-order valence-electron chi connectivity index (χ4n) is 2.31. The largest absolute Gasteiger partial charge is 0.420 e. The van der Waals surface area contributed by atoms with Crippen LogP contribution in [0.2, 0.25) is 0 Å². The summed E-state index contributed by atoms with van der Waals surface area (Å²) in [4.78, 5) is 11.7. The maximum absolute atomic E-state index is 11.7. The van der Waals surface area contributed by atoms with Gasteiger partial charge in [0, 0.05) is 0 Å². The standard InChI is InChI=1S/C11H11NO4S/c13-11-12(8-5-6-17(14,15)7-8)9-3-1-2-4-10(9)16-11/h1-4,8H,5-7H2/t8-/m1/s1. The average Bonchev–Trinajstić information content (AvgIpc) is 2.77. The Morgan fingerprint density at radius 1 is 1.29 bits per heavy atom. The predicted octanol–water partition coefficient (Wildman–Crippen LogP) is 0.954. The highest BCUT2D eigenvalue weighted by molar-refractivity contribution is 7.91. The van der Waals surface area contributed by atoms with Gasteiger partial charge in [-0.3, -0.25) is 4.57 Å². The van der Waals surface area contributed by atoms with Crippen molar-refractivity contribution in [1.82, 2.24) is 4.57 Å². The van der Waals surface area contributed by atoms with Crippen molar-refractivity contribution in [3.05, 3.63) is 34.8 Å². The number of rotatable bonds is 1. The maximum Gasteiger partial charge on any atom is 0.420 e. The van der Waals surface area contributed by atoms with Crippen LogP contribution in [0.3, 0.4) is 0 Å². The van der Waals surface area contributed by atoms with Crippen LogP contribution < -0.4 is 5.76 Å². The zero-order valence-electron chi connectivity index (χ0n) is 9.00. The first-order valence-corrected chi connectivity index (χ1v) is 7.19. The van der Waals surface area contributed by atoms with E-state index in [0.717, 1.165) is 0 Å². The second kappa shape index (κ2) is 3.46. The van der Waals surface area contributed by atoms with Gasteiger partial charge in [0.2, 0.25) is 0 Å². The van der Waals surface area contributed by atoms with E-state index in [1.807, 2.05) is 0 Å². The summed E-state index contributed by atoms with van der Waals surface area (Å²) in [5.74, 6) is -0.312. The summed E-state index contributed by atoms with van der Waals surface area (Å²) in [7, 11) is -3.01. The van der Waals surface area contributed by atoms with E-state index in [-0.39, 0.29) is 17.5 Å². The van der Waals surface area contributed by atoms with Gasteiger partial charge in [-0.05, 0) is 18.6 Å². The summed E-state index contributed by atoms with van der Waals surface area (Å²) in [5.41, 5.74) is 1.17. The SMILES string of the molecule is O=c1oc2ccccc2n1[C@@H]1CCS(=O)(=O)C1. The first-order valence-electron chi connectivity index (χ1n) is 5.37. The molecule has 1 aromatic heterocycles. The summed E-state index contributed by atoms with van der Waals surface area (Å²) in [6.45, 7) is 0. The van der Waals surface area contributed by atoms with E-state index < -0.39 is 15.6 Å². The molecule has 17 heavy (non-hydrogen) atoms. The number of sulfone groups is 1. The smallest absolute Gasteiger partial charge is 0.408 e. The van der Waals surface area contributed by atoms with Crippen LogP contribution in [-0.2, 0) is 9.84 Å². The first kappa shape index (κ1) is 10.6. The lowest BCUT2D eigenvalue weighted by atomic mass is 10.2. The van der Waals surface area contributed by atoms with Gasteiger partial charge in [0.05, 0.1) is 23.1 Å². The molecule has 2 heterocycles. The molecule has 0 bridgehead atoms. The Kier molecular flexibility index (Phi) is 2.16. The molecule has 0 saturated carbocycles. The lowest BCUT2D eigenvalue weighted by Crippen LogP contribution is -2.21. The third kappa shape index (κ3) is 1.68. The summed E-state index contributed by atoms with van der Waals surface area (Å²) in [6, 6.07) is 6.76. The van der Waals surface area contributed by atoms with E-state index in [4.69, 9.17) is 4.42 Å². The van der Waals surface area contributed by atoms with E-state index in [1.54, 1.807) is 24.3 Å². The summed E-state index contributed by atoms with van der Waals surface area (Å²) >= 11 is 0. The fourth-order valence-corrected chi connectivity index (χ4v) is 4.01. The van der Waals surface area contributed by atoms with Crippen molar-refractivity contribution in [3.8, 4) is 0 Å². The van der Waals surface area contributed by atoms with Crippen molar-refractivity contribution >= 4 is 20.9 Å². The van der Waals surface area contributed by atoms with Gasteiger partial charge < -0.3 is 4.42 Å². The lowest BCUT2D eigenvalue weighted by molar-refractivity contribution is 0.464. The number of para-hydroxylation sites is 2. The molecule has 1 fully saturated rings. The van der Waals surface area contributed by atoms with Gasteiger partial charge in [0.25, 0.3) is 0 Å². The molecule has 0 aliphatic carbocycles. The highest BCUT2D eigenvalue weighted by Crippen LogP contribution is 2.26. The van der Waals surface area contributed by atoms with Crippen LogP contribution in [0.25, 0.3) is 11.1 Å². The second-order valence-corrected chi connectivity index (χ2v) is 6.49. The van der Waals surface area contributed by atoms with Crippen LogP contribution in [0.4, 0.5) is 0 Å². The number of aromatic nitrogens is 1. The Labute approximate surface area is 97.6 Å². The number of fused-ring (bicyclic) bond motifs is 1. The minimum Gasteiger partial charge on any atom is -0.408 e. The number of hydrogen-bond donors (Lipinski definition) is 0. The Bertz CT molecular complexity index is 725. The molecule has 3 rings (SSSR count). The predicted molar refractivity (Wildman–Crippen MR) is 62.8 cm³/mol. The molecule has 1 atom stereocenters. The molecule has 5 nitrogen and oxygen atoms in total. The molecule has 0 amide bonds. The first-order chi connectivity index (χ1) is 8.07. The van der Waals surface area contributed by atoms with Gasteiger partial charge in [0.1, 0.15) is 0 Å². The molecule has 90 valence electrons. The lowest BCUT2D eigenvalue weighted by Gasteiger charge is -2.07. The van der Waals surface area contributed by atoms with E-state index in [2.05, 4.69) is 0 Å². The Morgan fingerprint density at radius 3 is 2.76 bits per heavy atom. The Hall–Kier alpha value is -1.56. The van der Waals surface area contributed by atoms with Crippen LogP contribution in [-0.4, -0.2) is 24.5 Å². The van der Waals surface area contributed by atoms with Crippen LogP contribution in [0, 0.1) is 0 Å². The molecule has 0 N–H and O–H groups in total. The molecule has 0 radical (unpaired) electrons. The Morgan fingerprint density at radius 2 is 2.06 bits per heavy atom. The van der Waals surface area contributed by atoms with Crippen molar-refractivity contribution < 1.29 is 12.8 Å². The zero-order chi connectivity index (χ0) is 12.0. The number of oxazole rings is 1. The molecular weight excluding hydrogens is 242 g/mol.